The molecule has 0 spiro atoms. The van der Waals surface area contributed by atoms with Gasteiger partial charge in [-0.05, 0) is 58.2 Å². The van der Waals surface area contributed by atoms with E-state index in [0.29, 0.717) is 24.2 Å². The van der Waals surface area contributed by atoms with Gasteiger partial charge in [-0.2, -0.15) is 0 Å². The number of furan rings is 1. The fourth-order valence-corrected chi connectivity index (χ4v) is 6.48. The van der Waals surface area contributed by atoms with Crippen LogP contribution in [-0.2, 0) is 17.3 Å². The zero-order valence-electron chi connectivity index (χ0n) is 29.7. The van der Waals surface area contributed by atoms with Crippen LogP contribution < -0.4 is 0 Å². The number of nitrogens with zero attached hydrogens (tertiary/aromatic N) is 3. The highest BCUT2D eigenvalue weighted by Crippen LogP contribution is 2.43. The summed E-state index contributed by atoms with van der Waals surface area (Å²) in [6.45, 7) is 26.7. The van der Waals surface area contributed by atoms with Gasteiger partial charge in [-0.15, -0.1) is 0 Å². The highest BCUT2D eigenvalue weighted by atomic mass is 16.4. The molecule has 3 heterocycles. The maximum Gasteiger partial charge on any atom is 0.200 e. The molecule has 0 unspecified atom stereocenters. The molecule has 5 nitrogen and oxygen atoms in total. The Morgan fingerprint density at radius 3 is 1.91 bits per heavy atom. The van der Waals surface area contributed by atoms with Crippen molar-refractivity contribution >= 4 is 33.0 Å². The van der Waals surface area contributed by atoms with Crippen LogP contribution in [0.1, 0.15) is 140 Å². The number of hydrogen-bond donors (Lipinski definition) is 0. The second-order valence-electron chi connectivity index (χ2n) is 16.0. The first-order valence-corrected chi connectivity index (χ1v) is 16.8. The van der Waals surface area contributed by atoms with E-state index in [1.54, 1.807) is 6.33 Å². The predicted octanol–water partition coefficient (Wildman–Crippen LogP) is 11.7. The van der Waals surface area contributed by atoms with Crippen LogP contribution in [0, 0.1) is 0 Å². The fourth-order valence-electron chi connectivity index (χ4n) is 6.48. The first kappa shape index (κ1) is 32.0. The SMILES string of the molecule is CC(C)c1cc(C(C)C)c(Cc2c3oc(C(C)(C)C)nc3cc3c2oc2c(-c4cc(C(C)(C)C)ncn4)cccc23)c(C(C)C)c1. The highest BCUT2D eigenvalue weighted by molar-refractivity contribution is 6.13. The molecule has 3 aromatic carbocycles. The molecule has 0 saturated carbocycles. The smallest absolute Gasteiger partial charge is 0.200 e. The van der Waals surface area contributed by atoms with Crippen LogP contribution in [0.4, 0.5) is 0 Å². The summed E-state index contributed by atoms with van der Waals surface area (Å²) in [5, 5.41) is 2.10. The van der Waals surface area contributed by atoms with E-state index in [2.05, 4.69) is 131 Å². The quantitative estimate of drug-likeness (QED) is 0.186. The van der Waals surface area contributed by atoms with Gasteiger partial charge >= 0.3 is 0 Å². The minimum Gasteiger partial charge on any atom is -0.455 e. The van der Waals surface area contributed by atoms with Crippen LogP contribution in [0.5, 0.6) is 0 Å². The molecule has 46 heavy (non-hydrogen) atoms. The summed E-state index contributed by atoms with van der Waals surface area (Å²) >= 11 is 0. The van der Waals surface area contributed by atoms with E-state index >= 15 is 0 Å². The third kappa shape index (κ3) is 5.63. The summed E-state index contributed by atoms with van der Waals surface area (Å²) in [6.07, 6.45) is 2.36. The number of para-hydroxylation sites is 1. The number of oxazole rings is 1. The van der Waals surface area contributed by atoms with E-state index in [1.165, 1.54) is 22.3 Å². The van der Waals surface area contributed by atoms with Gasteiger partial charge in [0, 0.05) is 44.8 Å². The molecule has 6 aromatic rings. The van der Waals surface area contributed by atoms with Gasteiger partial charge in [-0.1, -0.05) is 107 Å². The zero-order chi connectivity index (χ0) is 33.3. The van der Waals surface area contributed by atoms with Gasteiger partial charge in [0.25, 0.3) is 0 Å². The van der Waals surface area contributed by atoms with Crippen LogP contribution in [0.25, 0.3) is 44.3 Å². The number of hydrogen-bond acceptors (Lipinski definition) is 5. The third-order valence-corrected chi connectivity index (χ3v) is 9.20. The summed E-state index contributed by atoms with van der Waals surface area (Å²) in [5.41, 5.74) is 12.4. The highest BCUT2D eigenvalue weighted by Gasteiger charge is 2.28. The first-order chi connectivity index (χ1) is 21.5. The monoisotopic (exact) mass is 615 g/mol. The normalized spacial score (nSPS) is 13.0. The first-order valence-electron chi connectivity index (χ1n) is 16.8. The van der Waals surface area contributed by atoms with E-state index < -0.39 is 0 Å². The van der Waals surface area contributed by atoms with Crippen molar-refractivity contribution in [2.24, 2.45) is 0 Å². The minimum absolute atomic E-state index is 0.0963. The van der Waals surface area contributed by atoms with Gasteiger partial charge in [-0.3, -0.25) is 0 Å². The van der Waals surface area contributed by atoms with Crippen molar-refractivity contribution in [2.75, 3.05) is 0 Å². The van der Waals surface area contributed by atoms with Gasteiger partial charge in [-0.25, -0.2) is 15.0 Å². The number of aromatic nitrogens is 3. The molecule has 0 fully saturated rings. The number of fused-ring (bicyclic) bond motifs is 4. The topological polar surface area (TPSA) is 65.0 Å². The molecular formula is C41H49N3O2. The Kier molecular flexibility index (Phi) is 7.90. The molecule has 0 aliphatic rings. The average Bonchev–Trinajstić information content (AvgIpc) is 3.58. The lowest BCUT2D eigenvalue weighted by Crippen LogP contribution is -2.13. The lowest BCUT2D eigenvalue weighted by molar-refractivity contribution is 0.410. The van der Waals surface area contributed by atoms with E-state index in [4.69, 9.17) is 18.8 Å². The molecule has 0 radical (unpaired) electrons. The fraction of sp³-hybridized carbons (Fsp3) is 0.439. The van der Waals surface area contributed by atoms with Crippen molar-refractivity contribution < 1.29 is 8.83 Å². The van der Waals surface area contributed by atoms with Crippen LogP contribution in [0.2, 0.25) is 0 Å². The third-order valence-electron chi connectivity index (χ3n) is 9.20. The molecule has 0 atom stereocenters. The largest absolute Gasteiger partial charge is 0.455 e. The Bertz CT molecular complexity index is 2050. The van der Waals surface area contributed by atoms with Gasteiger partial charge in [0.1, 0.15) is 23.0 Å². The van der Waals surface area contributed by atoms with E-state index in [1.807, 2.05) is 0 Å². The molecule has 0 aliphatic heterocycles. The molecule has 0 bridgehead atoms. The summed E-state index contributed by atoms with van der Waals surface area (Å²) in [7, 11) is 0. The lowest BCUT2D eigenvalue weighted by Gasteiger charge is -2.23. The Morgan fingerprint density at radius 2 is 1.33 bits per heavy atom. The second kappa shape index (κ2) is 11.4. The van der Waals surface area contributed by atoms with Gasteiger partial charge < -0.3 is 8.83 Å². The molecule has 0 aliphatic carbocycles. The maximum atomic E-state index is 6.98. The molecule has 0 N–H and O–H groups in total. The Hall–Kier alpha value is -3.99. The van der Waals surface area contributed by atoms with Crippen molar-refractivity contribution in [2.45, 2.75) is 118 Å². The Morgan fingerprint density at radius 1 is 0.652 bits per heavy atom. The maximum absolute atomic E-state index is 6.98. The van der Waals surface area contributed by atoms with Crippen molar-refractivity contribution in [3.8, 4) is 11.3 Å². The molecular weight excluding hydrogens is 566 g/mol. The lowest BCUT2D eigenvalue weighted by atomic mass is 9.82. The summed E-state index contributed by atoms with van der Waals surface area (Å²) in [6, 6.07) is 15.4. The van der Waals surface area contributed by atoms with Gasteiger partial charge in [0.15, 0.2) is 5.58 Å². The Balaban J connectivity index is 1.67. The van der Waals surface area contributed by atoms with Crippen LogP contribution in [0.3, 0.4) is 0 Å². The second-order valence-corrected chi connectivity index (χ2v) is 16.0. The van der Waals surface area contributed by atoms with Gasteiger partial charge in [0.2, 0.25) is 5.89 Å². The van der Waals surface area contributed by atoms with Crippen LogP contribution in [0.15, 0.2) is 57.6 Å². The van der Waals surface area contributed by atoms with Crippen molar-refractivity contribution in [1.29, 1.82) is 0 Å². The minimum atomic E-state index is -0.227. The molecule has 6 rings (SSSR count). The van der Waals surface area contributed by atoms with E-state index in [9.17, 15) is 0 Å². The summed E-state index contributed by atoms with van der Waals surface area (Å²) in [5.74, 6) is 1.94. The molecule has 240 valence electrons. The Labute approximate surface area is 273 Å². The summed E-state index contributed by atoms with van der Waals surface area (Å²) < 4.78 is 13.7. The molecule has 0 amide bonds. The zero-order valence-corrected chi connectivity index (χ0v) is 29.7. The number of benzene rings is 3. The number of rotatable bonds is 6. The van der Waals surface area contributed by atoms with Crippen molar-refractivity contribution in [3.63, 3.8) is 0 Å². The summed E-state index contributed by atoms with van der Waals surface area (Å²) in [4.78, 5) is 14.3. The van der Waals surface area contributed by atoms with Crippen LogP contribution >= 0.6 is 0 Å². The molecule has 5 heteroatoms. The molecule has 3 aromatic heterocycles. The van der Waals surface area contributed by atoms with Crippen LogP contribution in [-0.4, -0.2) is 15.0 Å². The standard InChI is InChI=1S/C41H49N3O2/c1-22(2)25-16-28(23(3)4)30(29(17-25)24(5)6)18-32-37-31(19-34-38(32)46-39(44-34)41(10,11)12)26-14-13-15-27(36(26)45-37)33-20-35(40(7,8)9)43-21-42-33/h13-17,19-24H,18H2,1-12H3. The average molecular weight is 616 g/mol. The van der Waals surface area contributed by atoms with Crippen molar-refractivity contribution in [1.82, 2.24) is 15.0 Å². The van der Waals surface area contributed by atoms with Gasteiger partial charge in [0.05, 0.1) is 5.69 Å². The molecule has 0 saturated heterocycles. The predicted molar refractivity (Wildman–Crippen MR) is 191 cm³/mol. The van der Waals surface area contributed by atoms with E-state index in [-0.39, 0.29) is 10.8 Å². The van der Waals surface area contributed by atoms with E-state index in [0.717, 1.165) is 61.4 Å². The van der Waals surface area contributed by atoms with Crippen molar-refractivity contribution in [3.05, 3.63) is 88.2 Å².